The van der Waals surface area contributed by atoms with E-state index in [1.807, 2.05) is 4.90 Å². The first kappa shape index (κ1) is 16.1. The Morgan fingerprint density at radius 2 is 2.19 bits per heavy atom. The van der Waals surface area contributed by atoms with Gasteiger partial charge in [0.15, 0.2) is 0 Å². The third-order valence-electron chi connectivity index (χ3n) is 4.64. The zero-order valence-electron chi connectivity index (χ0n) is 13.1. The molecule has 21 heavy (non-hydrogen) atoms. The van der Waals surface area contributed by atoms with Gasteiger partial charge in [-0.1, -0.05) is 18.6 Å². The lowest BCUT2D eigenvalue weighted by molar-refractivity contribution is -0.131. The van der Waals surface area contributed by atoms with Crippen LogP contribution in [0.4, 0.5) is 0 Å². The van der Waals surface area contributed by atoms with Gasteiger partial charge in [-0.05, 0) is 51.4 Å². The predicted molar refractivity (Wildman–Crippen MR) is 83.7 cm³/mol. The van der Waals surface area contributed by atoms with E-state index in [1.165, 1.54) is 6.42 Å². The predicted octanol–water partition coefficient (Wildman–Crippen LogP) is 2.64. The SMILES string of the molecule is CC1CCCN1C(=O)CCCCC/C=C\[C@@H]1CC1NC=O. The fourth-order valence-corrected chi connectivity index (χ4v) is 3.14. The number of carbonyl (C=O) groups excluding carboxylic acids is 2. The molecule has 1 saturated carbocycles. The van der Waals surface area contributed by atoms with E-state index in [0.717, 1.165) is 51.5 Å². The fraction of sp³-hybridized carbons (Fsp3) is 0.765. The molecule has 2 unspecified atom stereocenters. The molecule has 1 saturated heterocycles. The van der Waals surface area contributed by atoms with Crippen LogP contribution < -0.4 is 5.32 Å². The lowest BCUT2D eigenvalue weighted by Crippen LogP contribution is -2.33. The second-order valence-corrected chi connectivity index (χ2v) is 6.40. The lowest BCUT2D eigenvalue weighted by Gasteiger charge is -2.21. The number of allylic oxidation sites excluding steroid dienone is 1. The second kappa shape index (κ2) is 8.20. The summed E-state index contributed by atoms with van der Waals surface area (Å²) in [5.74, 6) is 0.893. The van der Waals surface area contributed by atoms with Crippen LogP contribution in [0, 0.1) is 5.92 Å². The van der Waals surface area contributed by atoms with Gasteiger partial charge in [-0.15, -0.1) is 0 Å². The first-order chi connectivity index (χ1) is 10.2. The minimum Gasteiger partial charge on any atom is -0.355 e. The Balaban J connectivity index is 1.46. The molecule has 1 N–H and O–H groups in total. The minimum absolute atomic E-state index is 0.344. The van der Waals surface area contributed by atoms with Crippen LogP contribution in [0.1, 0.15) is 58.3 Å². The molecule has 0 radical (unpaired) electrons. The smallest absolute Gasteiger partial charge is 0.222 e. The Labute approximate surface area is 128 Å². The van der Waals surface area contributed by atoms with Crippen LogP contribution in [-0.4, -0.2) is 35.8 Å². The largest absolute Gasteiger partial charge is 0.355 e. The lowest BCUT2D eigenvalue weighted by atomic mass is 10.1. The van der Waals surface area contributed by atoms with Gasteiger partial charge in [0.25, 0.3) is 0 Å². The zero-order valence-corrected chi connectivity index (χ0v) is 13.1. The molecule has 2 aliphatic rings. The molecule has 2 fully saturated rings. The fourth-order valence-electron chi connectivity index (χ4n) is 3.14. The van der Waals surface area contributed by atoms with Gasteiger partial charge in [-0.3, -0.25) is 9.59 Å². The number of rotatable bonds is 9. The Morgan fingerprint density at radius 3 is 2.90 bits per heavy atom. The van der Waals surface area contributed by atoms with E-state index >= 15 is 0 Å². The summed E-state index contributed by atoms with van der Waals surface area (Å²) in [4.78, 5) is 24.3. The summed E-state index contributed by atoms with van der Waals surface area (Å²) in [7, 11) is 0. The van der Waals surface area contributed by atoms with E-state index in [1.54, 1.807) is 0 Å². The summed E-state index contributed by atoms with van der Waals surface area (Å²) in [6, 6.07) is 0.825. The highest BCUT2D eigenvalue weighted by molar-refractivity contribution is 5.76. The van der Waals surface area contributed by atoms with E-state index in [9.17, 15) is 9.59 Å². The number of unbranched alkanes of at least 4 members (excludes halogenated alkanes) is 3. The van der Waals surface area contributed by atoms with Crippen LogP contribution in [0.5, 0.6) is 0 Å². The topological polar surface area (TPSA) is 49.4 Å². The molecule has 1 aliphatic heterocycles. The maximum Gasteiger partial charge on any atom is 0.222 e. The van der Waals surface area contributed by atoms with Crippen molar-refractivity contribution < 1.29 is 9.59 Å². The van der Waals surface area contributed by atoms with E-state index < -0.39 is 0 Å². The monoisotopic (exact) mass is 292 g/mol. The standard InChI is InChI=1S/C17H28N2O2/c1-14-8-7-11-19(14)17(21)10-6-4-2-3-5-9-15-12-16(15)18-13-20/h5,9,13-16H,2-4,6-8,10-12H2,1H3,(H,18,20)/b9-5-/t14?,15-,16?/m1/s1. The van der Waals surface area contributed by atoms with Gasteiger partial charge < -0.3 is 10.2 Å². The number of nitrogens with one attached hydrogen (secondary N) is 1. The average Bonchev–Trinajstić information content (AvgIpc) is 3.05. The average molecular weight is 292 g/mol. The van der Waals surface area contributed by atoms with Crippen molar-refractivity contribution in [3.05, 3.63) is 12.2 Å². The Bertz CT molecular complexity index is 381. The first-order valence-corrected chi connectivity index (χ1v) is 8.38. The van der Waals surface area contributed by atoms with Crippen molar-refractivity contribution in [2.45, 2.75) is 70.4 Å². The van der Waals surface area contributed by atoms with Crippen LogP contribution in [0.3, 0.4) is 0 Å². The number of likely N-dealkylation sites (tertiary alicyclic amines) is 1. The Morgan fingerprint density at radius 1 is 1.33 bits per heavy atom. The molecule has 4 heteroatoms. The molecule has 2 rings (SSSR count). The molecule has 0 bridgehead atoms. The van der Waals surface area contributed by atoms with E-state index in [0.29, 0.717) is 30.3 Å². The van der Waals surface area contributed by atoms with Crippen molar-refractivity contribution in [3.63, 3.8) is 0 Å². The molecular weight excluding hydrogens is 264 g/mol. The summed E-state index contributed by atoms with van der Waals surface area (Å²) in [6.07, 6.45) is 13.7. The van der Waals surface area contributed by atoms with E-state index in [2.05, 4.69) is 24.4 Å². The number of nitrogens with zero attached hydrogens (tertiary/aromatic N) is 1. The third kappa shape index (κ3) is 5.18. The summed E-state index contributed by atoms with van der Waals surface area (Å²) < 4.78 is 0. The van der Waals surface area contributed by atoms with Crippen molar-refractivity contribution in [3.8, 4) is 0 Å². The van der Waals surface area contributed by atoms with Gasteiger partial charge in [0, 0.05) is 25.0 Å². The molecule has 1 aliphatic carbocycles. The van der Waals surface area contributed by atoms with Crippen molar-refractivity contribution in [2.24, 2.45) is 5.92 Å². The van der Waals surface area contributed by atoms with Gasteiger partial charge in [0.1, 0.15) is 0 Å². The normalized spacial score (nSPS) is 28.0. The van der Waals surface area contributed by atoms with Crippen LogP contribution >= 0.6 is 0 Å². The van der Waals surface area contributed by atoms with E-state index in [4.69, 9.17) is 0 Å². The number of hydrogen-bond donors (Lipinski definition) is 1. The first-order valence-electron chi connectivity index (χ1n) is 8.38. The minimum atomic E-state index is 0.344. The van der Waals surface area contributed by atoms with Crippen molar-refractivity contribution in [1.29, 1.82) is 0 Å². The van der Waals surface area contributed by atoms with Gasteiger partial charge in [0.2, 0.25) is 12.3 Å². The van der Waals surface area contributed by atoms with Crippen LogP contribution in [0.15, 0.2) is 12.2 Å². The maximum absolute atomic E-state index is 12.0. The maximum atomic E-state index is 12.0. The quantitative estimate of drug-likeness (QED) is 0.403. The van der Waals surface area contributed by atoms with Gasteiger partial charge in [-0.25, -0.2) is 0 Å². The molecule has 0 spiro atoms. The highest BCUT2D eigenvalue weighted by Crippen LogP contribution is 2.31. The molecule has 3 atom stereocenters. The van der Waals surface area contributed by atoms with Crippen LogP contribution in [-0.2, 0) is 9.59 Å². The van der Waals surface area contributed by atoms with Gasteiger partial charge in [-0.2, -0.15) is 0 Å². The van der Waals surface area contributed by atoms with Crippen molar-refractivity contribution in [1.82, 2.24) is 10.2 Å². The molecule has 0 aromatic carbocycles. The molecule has 4 nitrogen and oxygen atoms in total. The molecule has 118 valence electrons. The summed E-state index contributed by atoms with van der Waals surface area (Å²) in [5.41, 5.74) is 0. The summed E-state index contributed by atoms with van der Waals surface area (Å²) in [6.45, 7) is 3.11. The Kier molecular flexibility index (Phi) is 6.27. The Hall–Kier alpha value is -1.32. The second-order valence-electron chi connectivity index (χ2n) is 6.40. The summed E-state index contributed by atoms with van der Waals surface area (Å²) >= 11 is 0. The van der Waals surface area contributed by atoms with E-state index in [-0.39, 0.29) is 0 Å². The molecule has 0 aromatic heterocycles. The summed E-state index contributed by atoms with van der Waals surface area (Å²) in [5, 5.41) is 2.80. The van der Waals surface area contributed by atoms with Gasteiger partial charge >= 0.3 is 0 Å². The molecular formula is C17H28N2O2. The van der Waals surface area contributed by atoms with Crippen LogP contribution in [0.25, 0.3) is 0 Å². The highest BCUT2D eigenvalue weighted by Gasteiger charge is 2.33. The van der Waals surface area contributed by atoms with Crippen molar-refractivity contribution in [2.75, 3.05) is 6.54 Å². The molecule has 0 aromatic rings. The highest BCUT2D eigenvalue weighted by atomic mass is 16.2. The van der Waals surface area contributed by atoms with Crippen molar-refractivity contribution >= 4 is 12.3 Å². The van der Waals surface area contributed by atoms with Crippen LogP contribution in [0.2, 0.25) is 0 Å². The number of amides is 2. The zero-order chi connectivity index (χ0) is 15.1. The van der Waals surface area contributed by atoms with Gasteiger partial charge in [0.05, 0.1) is 0 Å². The number of hydrogen-bond acceptors (Lipinski definition) is 2. The molecule has 1 heterocycles. The number of carbonyl (C=O) groups is 2. The molecule has 2 amide bonds. The third-order valence-corrected chi connectivity index (χ3v) is 4.64.